The van der Waals surface area contributed by atoms with Crippen molar-refractivity contribution in [2.45, 2.75) is 44.4 Å². The lowest BCUT2D eigenvalue weighted by Gasteiger charge is -2.39. The minimum absolute atomic E-state index is 0.0596. The predicted molar refractivity (Wildman–Crippen MR) is 132 cm³/mol. The third-order valence-electron chi connectivity index (χ3n) is 7.75. The molecule has 8 heteroatoms. The number of carbonyl (C=O) groups excluding carboxylic acids is 1. The summed E-state index contributed by atoms with van der Waals surface area (Å²) in [5, 5.41) is 15.8. The highest BCUT2D eigenvalue weighted by molar-refractivity contribution is 5.86. The topological polar surface area (TPSA) is 99.7 Å². The van der Waals surface area contributed by atoms with Crippen LogP contribution in [0.5, 0.6) is 0 Å². The molecule has 3 aliphatic heterocycles. The molecule has 1 atom stereocenters. The minimum Gasteiger partial charge on any atom is -0.381 e. The van der Waals surface area contributed by atoms with Crippen molar-refractivity contribution in [1.29, 1.82) is 0 Å². The summed E-state index contributed by atoms with van der Waals surface area (Å²) in [6, 6.07) is 6.74. The maximum absolute atomic E-state index is 13.4. The van der Waals surface area contributed by atoms with E-state index in [0.717, 1.165) is 35.1 Å². The van der Waals surface area contributed by atoms with Crippen molar-refractivity contribution in [2.24, 2.45) is 0 Å². The van der Waals surface area contributed by atoms with E-state index in [1.165, 1.54) is 22.3 Å². The van der Waals surface area contributed by atoms with E-state index in [0.29, 0.717) is 52.4 Å². The summed E-state index contributed by atoms with van der Waals surface area (Å²) in [7, 11) is 0. The van der Waals surface area contributed by atoms with Gasteiger partial charge in [0.1, 0.15) is 11.2 Å². The summed E-state index contributed by atoms with van der Waals surface area (Å²) in [5.74, 6) is -0.174. The maximum atomic E-state index is 13.4. The molecule has 3 N–H and O–H groups in total. The Balaban J connectivity index is 1.38. The molecule has 1 amide bonds. The number of aliphatic hydroxyl groups is 1. The first-order valence-electron chi connectivity index (χ1n) is 12.5. The largest absolute Gasteiger partial charge is 0.381 e. The van der Waals surface area contributed by atoms with Crippen LogP contribution in [0.15, 0.2) is 30.6 Å². The lowest BCUT2D eigenvalue weighted by atomic mass is 9.86. The van der Waals surface area contributed by atoms with Gasteiger partial charge in [0, 0.05) is 69.0 Å². The van der Waals surface area contributed by atoms with E-state index in [4.69, 9.17) is 9.47 Å². The Kier molecular flexibility index (Phi) is 5.84. The number of morpholine rings is 1. The molecule has 2 fully saturated rings. The number of aryl methyl sites for hydroxylation is 1. The molecule has 35 heavy (non-hydrogen) atoms. The number of pyridine rings is 1. The molecule has 6 rings (SSSR count). The second kappa shape index (κ2) is 9.02. The smallest absolute Gasteiger partial charge is 0.255 e. The van der Waals surface area contributed by atoms with Crippen LogP contribution in [0.4, 0.5) is 0 Å². The highest BCUT2D eigenvalue weighted by Gasteiger charge is 2.41. The second-order valence-corrected chi connectivity index (χ2v) is 10.00. The molecule has 2 saturated heterocycles. The van der Waals surface area contributed by atoms with Crippen LogP contribution in [0.25, 0.3) is 22.2 Å². The van der Waals surface area contributed by atoms with Crippen LogP contribution in [-0.4, -0.2) is 71.0 Å². The van der Waals surface area contributed by atoms with Gasteiger partial charge in [-0.1, -0.05) is 6.07 Å². The van der Waals surface area contributed by atoms with Crippen LogP contribution in [0.1, 0.15) is 41.1 Å². The molecule has 1 aromatic carbocycles. The Hall–Kier alpha value is -2.78. The zero-order valence-electron chi connectivity index (χ0n) is 20.1. The average molecular weight is 477 g/mol. The Morgan fingerprint density at radius 2 is 2.03 bits per heavy atom. The molecule has 0 radical (unpaired) electrons. The molecule has 0 saturated carbocycles. The van der Waals surface area contributed by atoms with E-state index < -0.39 is 5.60 Å². The Labute approximate surface area is 204 Å². The lowest BCUT2D eigenvalue weighted by molar-refractivity contribution is -0.161. The molecule has 8 nitrogen and oxygen atoms in total. The SMILES string of the molecule is Cc1c[nH]c2ncc(-c3cc4c(c(C5COCCN5)c3)CN(C(=O)C3(O)CCOCC3)CC4)cc12. The molecular weight excluding hydrogens is 444 g/mol. The first kappa shape index (κ1) is 22.7. The van der Waals surface area contributed by atoms with Crippen molar-refractivity contribution < 1.29 is 19.4 Å². The first-order chi connectivity index (χ1) is 17.0. The van der Waals surface area contributed by atoms with Crippen molar-refractivity contribution in [1.82, 2.24) is 20.2 Å². The normalized spacial score (nSPS) is 22.2. The number of nitrogens with one attached hydrogen (secondary N) is 2. The summed E-state index contributed by atoms with van der Waals surface area (Å²) in [6.45, 7) is 6.12. The van der Waals surface area contributed by atoms with E-state index in [2.05, 4.69) is 40.4 Å². The van der Waals surface area contributed by atoms with E-state index in [1.54, 1.807) is 0 Å². The third kappa shape index (κ3) is 4.14. The summed E-state index contributed by atoms with van der Waals surface area (Å²) in [6.07, 6.45) is 5.37. The highest BCUT2D eigenvalue weighted by Crippen LogP contribution is 2.35. The number of aromatic nitrogens is 2. The van der Waals surface area contributed by atoms with E-state index in [1.807, 2.05) is 17.3 Å². The molecule has 0 aliphatic carbocycles. The molecule has 0 spiro atoms. The number of hydrogen-bond acceptors (Lipinski definition) is 6. The molecule has 2 aromatic heterocycles. The maximum Gasteiger partial charge on any atom is 0.255 e. The van der Waals surface area contributed by atoms with Crippen LogP contribution in [0, 0.1) is 6.92 Å². The van der Waals surface area contributed by atoms with E-state index >= 15 is 0 Å². The van der Waals surface area contributed by atoms with Crippen LogP contribution in [0.2, 0.25) is 0 Å². The van der Waals surface area contributed by atoms with Crippen LogP contribution in [-0.2, 0) is 27.2 Å². The van der Waals surface area contributed by atoms with Gasteiger partial charge >= 0.3 is 0 Å². The number of carbonyl (C=O) groups is 1. The molecule has 0 bridgehead atoms. The fourth-order valence-electron chi connectivity index (χ4n) is 5.62. The minimum atomic E-state index is -1.32. The lowest BCUT2D eigenvalue weighted by Crippen LogP contribution is -2.53. The number of amides is 1. The van der Waals surface area contributed by atoms with Crippen molar-refractivity contribution in [3.8, 4) is 11.1 Å². The van der Waals surface area contributed by atoms with Crippen LogP contribution in [0.3, 0.4) is 0 Å². The Morgan fingerprint density at radius 3 is 2.83 bits per heavy atom. The molecule has 184 valence electrons. The van der Waals surface area contributed by atoms with E-state index in [9.17, 15) is 9.90 Å². The zero-order valence-corrected chi connectivity index (χ0v) is 20.1. The van der Waals surface area contributed by atoms with Gasteiger partial charge in [-0.25, -0.2) is 4.98 Å². The fraction of sp³-hybridized carbons (Fsp3) is 0.481. The standard InChI is InChI=1S/C27H32N4O4/c1-17-13-29-25-21(17)12-20(14-30-25)19-10-18-2-6-31(26(32)27(33)3-7-34-8-4-27)15-23(18)22(11-19)24-16-35-9-5-28-24/h10-14,24,28,33H,2-9,15-16H2,1H3,(H,29,30). The van der Waals surface area contributed by atoms with Gasteiger partial charge in [-0.3, -0.25) is 4.79 Å². The van der Waals surface area contributed by atoms with Gasteiger partial charge in [-0.05, 0) is 53.3 Å². The van der Waals surface area contributed by atoms with Crippen molar-refractivity contribution >= 4 is 16.9 Å². The van der Waals surface area contributed by atoms with Gasteiger partial charge in [0.15, 0.2) is 0 Å². The third-order valence-corrected chi connectivity index (χ3v) is 7.75. The van der Waals surface area contributed by atoms with Gasteiger partial charge < -0.3 is 29.8 Å². The van der Waals surface area contributed by atoms with Gasteiger partial charge in [-0.2, -0.15) is 0 Å². The first-order valence-corrected chi connectivity index (χ1v) is 12.5. The highest BCUT2D eigenvalue weighted by atomic mass is 16.5. The quantitative estimate of drug-likeness (QED) is 0.538. The van der Waals surface area contributed by atoms with Crippen molar-refractivity contribution in [2.75, 3.05) is 39.5 Å². The summed E-state index contributed by atoms with van der Waals surface area (Å²) < 4.78 is 11.2. The Bertz CT molecular complexity index is 1260. The second-order valence-electron chi connectivity index (χ2n) is 10.00. The van der Waals surface area contributed by atoms with Crippen LogP contribution >= 0.6 is 0 Å². The fourth-order valence-corrected chi connectivity index (χ4v) is 5.62. The van der Waals surface area contributed by atoms with Gasteiger partial charge in [-0.15, -0.1) is 0 Å². The predicted octanol–water partition coefficient (Wildman–Crippen LogP) is 2.63. The molecular formula is C27H32N4O4. The summed E-state index contributed by atoms with van der Waals surface area (Å²) in [4.78, 5) is 23.1. The molecule has 3 aromatic rings. The number of benzene rings is 1. The molecule has 5 heterocycles. The number of fused-ring (bicyclic) bond motifs is 2. The number of ether oxygens (including phenoxy) is 2. The number of hydrogen-bond donors (Lipinski definition) is 3. The average Bonchev–Trinajstić information content (AvgIpc) is 3.28. The number of rotatable bonds is 3. The van der Waals surface area contributed by atoms with Gasteiger partial charge in [0.2, 0.25) is 0 Å². The van der Waals surface area contributed by atoms with Crippen molar-refractivity contribution in [3.63, 3.8) is 0 Å². The molecule has 3 aliphatic rings. The van der Waals surface area contributed by atoms with Gasteiger partial charge in [0.25, 0.3) is 5.91 Å². The monoisotopic (exact) mass is 476 g/mol. The van der Waals surface area contributed by atoms with Gasteiger partial charge in [0.05, 0.1) is 19.3 Å². The zero-order chi connectivity index (χ0) is 24.0. The van der Waals surface area contributed by atoms with Crippen LogP contribution < -0.4 is 5.32 Å². The number of aromatic amines is 1. The number of nitrogens with zero attached hydrogens (tertiary/aromatic N) is 2. The van der Waals surface area contributed by atoms with E-state index in [-0.39, 0.29) is 11.9 Å². The summed E-state index contributed by atoms with van der Waals surface area (Å²) >= 11 is 0. The molecule has 1 unspecified atom stereocenters. The Morgan fingerprint density at radius 1 is 1.17 bits per heavy atom. The number of H-pyrrole nitrogens is 1. The summed E-state index contributed by atoms with van der Waals surface area (Å²) in [5.41, 5.74) is 6.54. The van der Waals surface area contributed by atoms with Crippen molar-refractivity contribution in [3.05, 3.63) is 52.8 Å².